The maximum absolute atomic E-state index is 6.22. The van der Waals surface area contributed by atoms with Crippen LogP contribution >= 0.6 is 0 Å². The summed E-state index contributed by atoms with van der Waals surface area (Å²) >= 11 is 0. The number of imidazole rings is 1. The molecule has 0 saturated heterocycles. The van der Waals surface area contributed by atoms with E-state index in [1.165, 1.54) is 31.5 Å². The van der Waals surface area contributed by atoms with Crippen molar-refractivity contribution in [3.63, 3.8) is 0 Å². The molecule has 0 aromatic carbocycles. The van der Waals surface area contributed by atoms with Gasteiger partial charge in [0.25, 0.3) is 0 Å². The summed E-state index contributed by atoms with van der Waals surface area (Å²) in [6.07, 6.45) is 7.51. The van der Waals surface area contributed by atoms with Crippen molar-refractivity contribution in [2.24, 2.45) is 7.05 Å². The van der Waals surface area contributed by atoms with Crippen LogP contribution < -0.4 is 5.73 Å². The summed E-state index contributed by atoms with van der Waals surface area (Å²) in [7, 11) is 2.07. The number of nitrogen functional groups attached to an aromatic ring is 1. The highest BCUT2D eigenvalue weighted by Crippen LogP contribution is 2.36. The number of rotatable bonds is 4. The zero-order chi connectivity index (χ0) is 12.4. The zero-order valence-electron chi connectivity index (χ0n) is 11.4. The lowest BCUT2D eigenvalue weighted by atomic mass is 9.99. The summed E-state index contributed by atoms with van der Waals surface area (Å²) in [6, 6.07) is 0. The summed E-state index contributed by atoms with van der Waals surface area (Å²) in [6.45, 7) is 4.44. The highest BCUT2D eigenvalue weighted by molar-refractivity contribution is 5.41. The minimum Gasteiger partial charge on any atom is -0.384 e. The van der Waals surface area contributed by atoms with Gasteiger partial charge in [-0.15, -0.1) is 0 Å². The van der Waals surface area contributed by atoms with Crippen molar-refractivity contribution in [2.45, 2.75) is 64.2 Å². The van der Waals surface area contributed by atoms with Gasteiger partial charge in [-0.25, -0.2) is 4.98 Å². The third-order valence-electron chi connectivity index (χ3n) is 4.30. The molecular weight excluding hydrogens is 210 g/mol. The Morgan fingerprint density at radius 3 is 2.41 bits per heavy atom. The number of nitrogens with zero attached hydrogens (tertiary/aromatic N) is 2. The highest BCUT2D eigenvalue weighted by Gasteiger charge is 2.25. The monoisotopic (exact) mass is 235 g/mol. The third-order valence-corrected chi connectivity index (χ3v) is 4.30. The van der Waals surface area contributed by atoms with E-state index in [1.807, 2.05) is 0 Å². The molecule has 1 heterocycles. The van der Waals surface area contributed by atoms with Gasteiger partial charge in [0, 0.05) is 18.9 Å². The molecule has 1 saturated carbocycles. The lowest BCUT2D eigenvalue weighted by Crippen LogP contribution is -2.05. The Morgan fingerprint density at radius 1 is 1.29 bits per heavy atom. The molecule has 96 valence electrons. The van der Waals surface area contributed by atoms with Crippen LogP contribution in [0.3, 0.4) is 0 Å². The molecule has 0 aliphatic heterocycles. The third kappa shape index (κ3) is 2.20. The number of hydrogen-bond acceptors (Lipinski definition) is 2. The van der Waals surface area contributed by atoms with E-state index in [0.717, 1.165) is 24.4 Å². The minimum atomic E-state index is 0.524. The van der Waals surface area contributed by atoms with Crippen molar-refractivity contribution >= 4 is 5.82 Å². The Labute approximate surface area is 104 Å². The molecule has 0 unspecified atom stereocenters. The Bertz CT molecular complexity index is 349. The van der Waals surface area contributed by atoms with E-state index in [-0.39, 0.29) is 0 Å². The van der Waals surface area contributed by atoms with Crippen molar-refractivity contribution in [3.8, 4) is 0 Å². The fraction of sp³-hybridized carbons (Fsp3) is 0.786. The van der Waals surface area contributed by atoms with Crippen LogP contribution in [-0.2, 0) is 7.05 Å². The van der Waals surface area contributed by atoms with E-state index in [4.69, 9.17) is 10.7 Å². The molecule has 17 heavy (non-hydrogen) atoms. The molecule has 2 N–H and O–H groups in total. The Morgan fingerprint density at radius 2 is 1.88 bits per heavy atom. The minimum absolute atomic E-state index is 0.524. The normalized spacial score (nSPS) is 17.2. The van der Waals surface area contributed by atoms with Crippen molar-refractivity contribution in [3.05, 3.63) is 11.5 Å². The molecule has 0 atom stereocenters. The van der Waals surface area contributed by atoms with E-state index in [0.29, 0.717) is 11.8 Å². The van der Waals surface area contributed by atoms with Crippen LogP contribution in [-0.4, -0.2) is 9.55 Å². The summed E-state index contributed by atoms with van der Waals surface area (Å²) in [5.74, 6) is 3.28. The van der Waals surface area contributed by atoms with Gasteiger partial charge in [0.1, 0.15) is 11.6 Å². The molecule has 0 amide bonds. The van der Waals surface area contributed by atoms with Gasteiger partial charge < -0.3 is 10.3 Å². The molecule has 1 aromatic heterocycles. The molecule has 0 bridgehead atoms. The first-order valence-corrected chi connectivity index (χ1v) is 7.00. The van der Waals surface area contributed by atoms with Crippen LogP contribution in [0.1, 0.15) is 75.7 Å². The largest absolute Gasteiger partial charge is 0.384 e. The van der Waals surface area contributed by atoms with Crippen LogP contribution in [0.4, 0.5) is 5.82 Å². The fourth-order valence-electron chi connectivity index (χ4n) is 3.08. The molecule has 3 nitrogen and oxygen atoms in total. The molecule has 0 spiro atoms. The van der Waals surface area contributed by atoms with Crippen molar-refractivity contribution in [2.75, 3.05) is 5.73 Å². The number of hydrogen-bond donors (Lipinski definition) is 1. The second-order valence-corrected chi connectivity index (χ2v) is 5.29. The van der Waals surface area contributed by atoms with Crippen LogP contribution in [0.2, 0.25) is 0 Å². The topological polar surface area (TPSA) is 43.8 Å². The summed E-state index contributed by atoms with van der Waals surface area (Å²) in [5, 5.41) is 0. The summed E-state index contributed by atoms with van der Waals surface area (Å²) in [4.78, 5) is 4.87. The number of nitrogens with two attached hydrogens (primary N) is 1. The van der Waals surface area contributed by atoms with Gasteiger partial charge in [-0.1, -0.05) is 26.7 Å². The SMILES string of the molecule is CCC(CC)c1nc(C2CCCC2)n(C)c1N. The Balaban J connectivity index is 2.32. The second-order valence-electron chi connectivity index (χ2n) is 5.29. The van der Waals surface area contributed by atoms with Crippen LogP contribution in [0.5, 0.6) is 0 Å². The zero-order valence-corrected chi connectivity index (χ0v) is 11.4. The number of anilines is 1. The lowest BCUT2D eigenvalue weighted by molar-refractivity contribution is 0.612. The quantitative estimate of drug-likeness (QED) is 0.867. The van der Waals surface area contributed by atoms with E-state index >= 15 is 0 Å². The predicted molar refractivity (Wildman–Crippen MR) is 72.2 cm³/mol. The Kier molecular flexibility index (Phi) is 3.75. The maximum atomic E-state index is 6.22. The first-order chi connectivity index (χ1) is 8.19. The molecule has 1 fully saturated rings. The predicted octanol–water partition coefficient (Wildman–Crippen LogP) is 3.56. The Hall–Kier alpha value is -0.990. The van der Waals surface area contributed by atoms with E-state index < -0.39 is 0 Å². The van der Waals surface area contributed by atoms with Crippen molar-refractivity contribution < 1.29 is 0 Å². The average molecular weight is 235 g/mol. The van der Waals surface area contributed by atoms with Gasteiger partial charge >= 0.3 is 0 Å². The first-order valence-electron chi connectivity index (χ1n) is 7.00. The van der Waals surface area contributed by atoms with Crippen LogP contribution in [0, 0.1) is 0 Å². The molecule has 1 aromatic rings. The molecule has 3 heteroatoms. The summed E-state index contributed by atoms with van der Waals surface area (Å²) in [5.41, 5.74) is 7.36. The smallest absolute Gasteiger partial charge is 0.126 e. The summed E-state index contributed by atoms with van der Waals surface area (Å²) < 4.78 is 2.13. The molecule has 1 aliphatic rings. The second kappa shape index (κ2) is 5.11. The highest BCUT2D eigenvalue weighted by atomic mass is 15.1. The fourth-order valence-corrected chi connectivity index (χ4v) is 3.08. The van der Waals surface area contributed by atoms with Crippen LogP contribution in [0.15, 0.2) is 0 Å². The van der Waals surface area contributed by atoms with Gasteiger partial charge in [-0.2, -0.15) is 0 Å². The van der Waals surface area contributed by atoms with Crippen LogP contribution in [0.25, 0.3) is 0 Å². The van der Waals surface area contributed by atoms with Crippen molar-refractivity contribution in [1.82, 2.24) is 9.55 Å². The molecule has 2 rings (SSSR count). The van der Waals surface area contributed by atoms with Gasteiger partial charge in [-0.05, 0) is 25.7 Å². The first kappa shape index (κ1) is 12.5. The molecule has 1 aliphatic carbocycles. The van der Waals surface area contributed by atoms with Crippen molar-refractivity contribution in [1.29, 1.82) is 0 Å². The van der Waals surface area contributed by atoms with Gasteiger partial charge in [0.15, 0.2) is 0 Å². The van der Waals surface area contributed by atoms with Gasteiger partial charge in [0.05, 0.1) is 5.69 Å². The molecule has 0 radical (unpaired) electrons. The number of aromatic nitrogens is 2. The maximum Gasteiger partial charge on any atom is 0.126 e. The van der Waals surface area contributed by atoms with Gasteiger partial charge in [0.2, 0.25) is 0 Å². The van der Waals surface area contributed by atoms with E-state index in [9.17, 15) is 0 Å². The van der Waals surface area contributed by atoms with E-state index in [2.05, 4.69) is 25.5 Å². The lowest BCUT2D eigenvalue weighted by Gasteiger charge is -2.09. The molecular formula is C14H25N3. The van der Waals surface area contributed by atoms with Gasteiger partial charge in [-0.3, -0.25) is 0 Å². The standard InChI is InChI=1S/C14H25N3/c1-4-10(5-2)12-13(15)17(3)14(16-12)11-8-6-7-9-11/h10-11H,4-9,15H2,1-3H3. The average Bonchev–Trinajstić information content (AvgIpc) is 2.94. The van der Waals surface area contributed by atoms with E-state index in [1.54, 1.807) is 0 Å².